The molecule has 0 saturated carbocycles. The maximum atomic E-state index is 13.3. The van der Waals surface area contributed by atoms with Crippen molar-refractivity contribution in [2.75, 3.05) is 57.0 Å². The summed E-state index contributed by atoms with van der Waals surface area (Å²) in [6, 6.07) is 25.8. The molecule has 0 aliphatic heterocycles. The lowest BCUT2D eigenvalue weighted by atomic mass is 9.80. The highest BCUT2D eigenvalue weighted by Crippen LogP contribution is 2.43. The van der Waals surface area contributed by atoms with Crippen molar-refractivity contribution in [2.45, 2.75) is 11.8 Å². The van der Waals surface area contributed by atoms with Gasteiger partial charge in [-0.2, -0.15) is 34.7 Å². The summed E-state index contributed by atoms with van der Waals surface area (Å²) in [4.78, 5) is 20.3. The number of hydrazine groups is 1. The zero-order valence-corrected chi connectivity index (χ0v) is 29.5. The van der Waals surface area contributed by atoms with Gasteiger partial charge in [-0.1, -0.05) is 54.6 Å². The Bertz CT molecular complexity index is 1630. The first kappa shape index (κ1) is 41.2. The van der Waals surface area contributed by atoms with E-state index < -0.39 is 47.9 Å². The van der Waals surface area contributed by atoms with Gasteiger partial charge < -0.3 is 34.5 Å². The Morgan fingerprint density at radius 3 is 1.84 bits per heavy atom. The number of anilines is 2. The number of nitrogen functional groups attached to an aromatic ring is 1. The van der Waals surface area contributed by atoms with Crippen LogP contribution >= 0.6 is 20.4 Å². The number of hydrogen-bond donors (Lipinski definition) is 4. The molecule has 4 aromatic rings. The Labute approximate surface area is 297 Å². The molecule has 1 atom stereocenters. The zero-order chi connectivity index (χ0) is 37.6. The van der Waals surface area contributed by atoms with E-state index in [2.05, 4.69) is 0 Å². The van der Waals surface area contributed by atoms with E-state index in [0.717, 1.165) is 23.8 Å². The van der Waals surface area contributed by atoms with Gasteiger partial charge in [-0.15, -0.1) is 0 Å². The Hall–Kier alpha value is -4.19. The lowest BCUT2D eigenvalue weighted by molar-refractivity contribution is -0.384. The first-order chi connectivity index (χ1) is 24.4. The quantitative estimate of drug-likeness (QED) is 0.0177. The molecular weight excluding hydrogens is 716 g/mol. The van der Waals surface area contributed by atoms with E-state index in [1.165, 1.54) is 11.8 Å². The van der Waals surface area contributed by atoms with Crippen LogP contribution in [-0.2, 0) is 25.7 Å². The monoisotopic (exact) mass is 754 g/mol. The number of nitro benzene ring substituents is 1. The van der Waals surface area contributed by atoms with Crippen molar-refractivity contribution in [1.29, 1.82) is 0 Å². The first-order valence-corrected chi connectivity index (χ1v) is 17.2. The number of alkyl halides is 3. The first-order valence-electron chi connectivity index (χ1n) is 14.9. The standard InChI is InChI=1S/C32H34F3N4O8PS.CH4O/c1-43-26-12-8-23(9-13-26)31(22-6-4-3-5-7-22,24-10-14-27(44-2)15-11-24)45-16-18-49-19-17-46-48(42)47-38(37)28-20-25(32(33,34)35)21-29(30(28)36)39(40)41;1-2/h3-15,20-21,42H,16-19,36-37H2,1-2H3;2H,1H3. The summed E-state index contributed by atoms with van der Waals surface area (Å²) < 4.78 is 67.6. The lowest BCUT2D eigenvalue weighted by Gasteiger charge is -2.36. The van der Waals surface area contributed by atoms with Crippen molar-refractivity contribution >= 4 is 37.4 Å². The van der Waals surface area contributed by atoms with Gasteiger partial charge in [0, 0.05) is 24.7 Å². The largest absolute Gasteiger partial charge is 0.497 e. The number of nitrogens with zero attached hydrogens (tertiary/aromatic N) is 2. The van der Waals surface area contributed by atoms with Crippen LogP contribution in [0.15, 0.2) is 91.0 Å². The number of nitro groups is 1. The number of hydrogen-bond acceptors (Lipinski definition) is 13. The lowest BCUT2D eigenvalue weighted by Crippen LogP contribution is -2.33. The Balaban J connectivity index is 0.00000345. The van der Waals surface area contributed by atoms with Crippen molar-refractivity contribution in [3.8, 4) is 11.5 Å². The number of methoxy groups -OCH3 is 2. The van der Waals surface area contributed by atoms with E-state index in [1.807, 2.05) is 78.9 Å². The highest BCUT2D eigenvalue weighted by atomic mass is 32.2. The molecule has 0 amide bonds. The number of nitrogens with two attached hydrogens (primary N) is 2. The van der Waals surface area contributed by atoms with E-state index >= 15 is 0 Å². The van der Waals surface area contributed by atoms with Crippen LogP contribution < -0.4 is 26.2 Å². The smallest absolute Gasteiger partial charge is 0.416 e. The zero-order valence-electron chi connectivity index (χ0n) is 27.8. The number of aliphatic hydroxyl groups is 1. The van der Waals surface area contributed by atoms with Gasteiger partial charge in [0.1, 0.15) is 28.5 Å². The van der Waals surface area contributed by atoms with Crippen molar-refractivity contribution in [3.05, 3.63) is 123 Å². The van der Waals surface area contributed by atoms with Crippen LogP contribution in [0.25, 0.3) is 0 Å². The summed E-state index contributed by atoms with van der Waals surface area (Å²) in [5.41, 5.74) is 3.56. The summed E-state index contributed by atoms with van der Waals surface area (Å²) in [7, 11) is 1.46. The van der Waals surface area contributed by atoms with Gasteiger partial charge in [0.05, 0.1) is 37.9 Å². The van der Waals surface area contributed by atoms with Gasteiger partial charge in [0.2, 0.25) is 0 Å². The molecule has 0 saturated heterocycles. The molecule has 0 fully saturated rings. The van der Waals surface area contributed by atoms with Crippen LogP contribution in [0.5, 0.6) is 11.5 Å². The predicted octanol–water partition coefficient (Wildman–Crippen LogP) is 6.41. The third-order valence-corrected chi connectivity index (χ3v) is 8.83. The van der Waals surface area contributed by atoms with Gasteiger partial charge >= 0.3 is 14.8 Å². The Morgan fingerprint density at radius 2 is 1.35 bits per heavy atom. The second-order valence-electron chi connectivity index (χ2n) is 10.1. The third-order valence-electron chi connectivity index (χ3n) is 7.20. The molecular formula is C33H38F3N4O9PS. The van der Waals surface area contributed by atoms with Crippen LogP contribution in [0, 0.1) is 10.1 Å². The second kappa shape index (κ2) is 19.4. The molecule has 4 rings (SSSR count). The summed E-state index contributed by atoms with van der Waals surface area (Å²) >= 11 is 1.45. The molecule has 4 aromatic carbocycles. The summed E-state index contributed by atoms with van der Waals surface area (Å²) in [6.45, 7) is 0.270. The summed E-state index contributed by atoms with van der Waals surface area (Å²) in [6.07, 6.45) is -4.93. The van der Waals surface area contributed by atoms with Crippen LogP contribution in [0.3, 0.4) is 0 Å². The molecule has 0 radical (unpaired) electrons. The normalized spacial score (nSPS) is 12.0. The maximum Gasteiger partial charge on any atom is 0.416 e. The molecule has 0 bridgehead atoms. The van der Waals surface area contributed by atoms with Gasteiger partial charge in [0.25, 0.3) is 5.69 Å². The number of rotatable bonds is 17. The molecule has 13 nitrogen and oxygen atoms in total. The third kappa shape index (κ3) is 10.7. The van der Waals surface area contributed by atoms with Crippen LogP contribution in [0.1, 0.15) is 22.3 Å². The summed E-state index contributed by atoms with van der Waals surface area (Å²) in [5, 5.41) is 18.4. The average Bonchev–Trinajstić information content (AvgIpc) is 3.13. The second-order valence-corrected chi connectivity index (χ2v) is 12.2. The Morgan fingerprint density at radius 1 is 0.843 bits per heavy atom. The van der Waals surface area contributed by atoms with Crippen molar-refractivity contribution in [1.82, 2.24) is 0 Å². The molecule has 0 aliphatic carbocycles. The van der Waals surface area contributed by atoms with Gasteiger partial charge in [-0.05, 0) is 47.0 Å². The number of thioether (sulfide) groups is 1. The fourth-order valence-corrected chi connectivity index (χ4v) is 6.13. The van der Waals surface area contributed by atoms with Gasteiger partial charge in [0.15, 0.2) is 0 Å². The number of ether oxygens (including phenoxy) is 3. The SMILES string of the molecule is CO.COc1ccc(C(OCCSCCOP(O)ON(N)c2cc(C(F)(F)F)cc([N+](=O)[O-])c2N)(c2ccccc2)c2ccc(OC)cc2)cc1. The average molecular weight is 755 g/mol. The van der Waals surface area contributed by atoms with E-state index in [9.17, 15) is 28.2 Å². The topological polar surface area (TPSA) is 185 Å². The van der Waals surface area contributed by atoms with Gasteiger partial charge in [-0.3, -0.25) is 10.1 Å². The van der Waals surface area contributed by atoms with E-state index in [0.29, 0.717) is 35.7 Å². The number of aliphatic hydroxyl groups excluding tert-OH is 1. The molecule has 6 N–H and O–H groups in total. The highest BCUT2D eigenvalue weighted by molar-refractivity contribution is 7.99. The van der Waals surface area contributed by atoms with E-state index in [4.69, 9.17) is 40.0 Å². The molecule has 0 spiro atoms. The molecule has 276 valence electrons. The molecule has 18 heteroatoms. The van der Waals surface area contributed by atoms with Crippen molar-refractivity contribution < 1.29 is 51.5 Å². The fraction of sp³-hybridized carbons (Fsp3) is 0.273. The predicted molar refractivity (Wildman–Crippen MR) is 189 cm³/mol. The number of benzene rings is 4. The Kier molecular flexibility index (Phi) is 15.7. The van der Waals surface area contributed by atoms with Gasteiger partial charge in [-0.25, -0.2) is 5.84 Å². The minimum Gasteiger partial charge on any atom is -0.497 e. The van der Waals surface area contributed by atoms with Crippen molar-refractivity contribution in [2.24, 2.45) is 5.84 Å². The maximum absolute atomic E-state index is 13.3. The summed E-state index contributed by atoms with van der Waals surface area (Å²) in [5.74, 6) is 7.93. The minimum absolute atomic E-state index is 0.0281. The molecule has 0 aromatic heterocycles. The molecule has 0 aliphatic rings. The van der Waals surface area contributed by atoms with Crippen LogP contribution in [-0.4, -0.2) is 61.0 Å². The van der Waals surface area contributed by atoms with E-state index in [-0.39, 0.29) is 17.8 Å². The highest BCUT2D eigenvalue weighted by Gasteiger charge is 2.38. The van der Waals surface area contributed by atoms with Crippen LogP contribution in [0.2, 0.25) is 0 Å². The van der Waals surface area contributed by atoms with Crippen LogP contribution in [0.4, 0.5) is 30.2 Å². The fourth-order valence-electron chi connectivity index (χ4n) is 4.87. The van der Waals surface area contributed by atoms with E-state index in [1.54, 1.807) is 14.2 Å². The molecule has 51 heavy (non-hydrogen) atoms. The number of halogens is 3. The molecule has 0 heterocycles. The van der Waals surface area contributed by atoms with Crippen molar-refractivity contribution in [3.63, 3.8) is 0 Å². The minimum atomic E-state index is -4.93. The molecule has 1 unspecified atom stereocenters.